The number of aliphatic hydroxyl groups is 1. The third-order valence-corrected chi connectivity index (χ3v) is 2.39. The first-order valence-corrected chi connectivity index (χ1v) is 4.95. The van der Waals surface area contributed by atoms with Crippen molar-refractivity contribution in [2.45, 2.75) is 13.0 Å². The number of ether oxygens (including phenoxy) is 1. The van der Waals surface area contributed by atoms with Gasteiger partial charge in [0.25, 0.3) is 0 Å². The maximum atomic E-state index is 9.91. The van der Waals surface area contributed by atoms with Crippen LogP contribution in [0.4, 0.5) is 0 Å². The fourth-order valence-electron chi connectivity index (χ4n) is 1.37. The molecule has 0 aliphatic heterocycles. The molecule has 2 unspecified atom stereocenters. The molecule has 1 aromatic rings. The summed E-state index contributed by atoms with van der Waals surface area (Å²) in [6.07, 6.45) is -0.520. The molecule has 0 amide bonds. The summed E-state index contributed by atoms with van der Waals surface area (Å²) in [5.74, 6) is 0.0680. The van der Waals surface area contributed by atoms with E-state index in [4.69, 9.17) is 16.3 Å². The van der Waals surface area contributed by atoms with Gasteiger partial charge in [-0.3, -0.25) is 0 Å². The third kappa shape index (κ3) is 2.98. The van der Waals surface area contributed by atoms with Crippen LogP contribution in [-0.2, 0) is 4.74 Å². The minimum atomic E-state index is -0.520. The van der Waals surface area contributed by atoms with E-state index in [9.17, 15) is 5.11 Å². The number of benzene rings is 1. The highest BCUT2D eigenvalue weighted by atomic mass is 35.5. The van der Waals surface area contributed by atoms with Crippen molar-refractivity contribution >= 4 is 11.6 Å². The first-order chi connectivity index (χ1) is 6.65. The SMILES string of the molecule is COCC(C)C(O)c1cccc(Cl)c1. The van der Waals surface area contributed by atoms with Crippen LogP contribution in [0, 0.1) is 5.92 Å². The molecule has 0 fully saturated rings. The van der Waals surface area contributed by atoms with Crippen LogP contribution in [0.5, 0.6) is 0 Å². The van der Waals surface area contributed by atoms with Gasteiger partial charge in [-0.05, 0) is 17.7 Å². The van der Waals surface area contributed by atoms with E-state index in [0.717, 1.165) is 5.56 Å². The van der Waals surface area contributed by atoms with Crippen LogP contribution in [0.3, 0.4) is 0 Å². The van der Waals surface area contributed by atoms with Crippen molar-refractivity contribution in [3.63, 3.8) is 0 Å². The Morgan fingerprint density at radius 1 is 1.50 bits per heavy atom. The Bertz CT molecular complexity index is 288. The van der Waals surface area contributed by atoms with Crippen LogP contribution in [-0.4, -0.2) is 18.8 Å². The predicted molar refractivity (Wildman–Crippen MR) is 57.5 cm³/mol. The Hall–Kier alpha value is -0.570. The first-order valence-electron chi connectivity index (χ1n) is 4.57. The van der Waals surface area contributed by atoms with Gasteiger partial charge in [-0.2, -0.15) is 0 Å². The Labute approximate surface area is 89.5 Å². The van der Waals surface area contributed by atoms with Crippen molar-refractivity contribution in [3.05, 3.63) is 34.9 Å². The highest BCUT2D eigenvalue weighted by Crippen LogP contribution is 2.24. The zero-order valence-corrected chi connectivity index (χ0v) is 9.16. The smallest absolute Gasteiger partial charge is 0.0838 e. The van der Waals surface area contributed by atoms with Crippen LogP contribution in [0.15, 0.2) is 24.3 Å². The van der Waals surface area contributed by atoms with Gasteiger partial charge in [0.1, 0.15) is 0 Å². The molecule has 0 heterocycles. The number of rotatable bonds is 4. The second kappa shape index (κ2) is 5.35. The monoisotopic (exact) mass is 214 g/mol. The number of hydrogen-bond donors (Lipinski definition) is 1. The molecule has 0 spiro atoms. The van der Waals surface area contributed by atoms with E-state index in [2.05, 4.69) is 0 Å². The summed E-state index contributed by atoms with van der Waals surface area (Å²) >= 11 is 5.83. The first kappa shape index (κ1) is 11.5. The van der Waals surface area contributed by atoms with Crippen molar-refractivity contribution < 1.29 is 9.84 Å². The molecule has 78 valence electrons. The van der Waals surface area contributed by atoms with Crippen LogP contribution in [0.25, 0.3) is 0 Å². The molecule has 0 saturated carbocycles. The van der Waals surface area contributed by atoms with Crippen molar-refractivity contribution in [1.29, 1.82) is 0 Å². The number of halogens is 1. The summed E-state index contributed by atoms with van der Waals surface area (Å²) in [5, 5.41) is 10.6. The van der Waals surface area contributed by atoms with Crippen molar-refractivity contribution in [2.75, 3.05) is 13.7 Å². The predicted octanol–water partition coefficient (Wildman–Crippen LogP) is 2.66. The van der Waals surface area contributed by atoms with E-state index >= 15 is 0 Å². The maximum Gasteiger partial charge on any atom is 0.0838 e. The Balaban J connectivity index is 2.73. The maximum absolute atomic E-state index is 9.91. The lowest BCUT2D eigenvalue weighted by molar-refractivity contribution is 0.0567. The average Bonchev–Trinajstić information content (AvgIpc) is 2.17. The van der Waals surface area contributed by atoms with Gasteiger partial charge in [0, 0.05) is 18.1 Å². The molecule has 1 aromatic carbocycles. The zero-order valence-electron chi connectivity index (χ0n) is 8.40. The lowest BCUT2D eigenvalue weighted by atomic mass is 9.98. The summed E-state index contributed by atoms with van der Waals surface area (Å²) in [5.41, 5.74) is 0.835. The number of aliphatic hydroxyl groups excluding tert-OH is 1. The average molecular weight is 215 g/mol. The third-order valence-electron chi connectivity index (χ3n) is 2.16. The van der Waals surface area contributed by atoms with Gasteiger partial charge < -0.3 is 9.84 Å². The standard InChI is InChI=1S/C11H15ClO2/c1-8(7-14-2)11(13)9-4-3-5-10(12)6-9/h3-6,8,11,13H,7H2,1-2H3. The van der Waals surface area contributed by atoms with Crippen molar-refractivity contribution in [2.24, 2.45) is 5.92 Å². The van der Waals surface area contributed by atoms with E-state index < -0.39 is 6.10 Å². The summed E-state index contributed by atoms with van der Waals surface area (Å²) in [6, 6.07) is 7.26. The highest BCUT2D eigenvalue weighted by Gasteiger charge is 2.15. The van der Waals surface area contributed by atoms with E-state index in [0.29, 0.717) is 11.6 Å². The second-order valence-electron chi connectivity index (χ2n) is 3.43. The highest BCUT2D eigenvalue weighted by molar-refractivity contribution is 6.30. The molecule has 0 bridgehead atoms. The minimum Gasteiger partial charge on any atom is -0.388 e. The van der Waals surface area contributed by atoms with Gasteiger partial charge in [-0.25, -0.2) is 0 Å². The van der Waals surface area contributed by atoms with E-state index in [1.807, 2.05) is 19.1 Å². The largest absolute Gasteiger partial charge is 0.388 e. The Kier molecular flexibility index (Phi) is 4.39. The van der Waals surface area contributed by atoms with Crippen LogP contribution in [0.2, 0.25) is 5.02 Å². The molecule has 0 radical (unpaired) electrons. The van der Waals surface area contributed by atoms with E-state index in [1.165, 1.54) is 0 Å². The summed E-state index contributed by atoms with van der Waals surface area (Å²) in [7, 11) is 1.63. The summed E-state index contributed by atoms with van der Waals surface area (Å²) in [6.45, 7) is 2.47. The second-order valence-corrected chi connectivity index (χ2v) is 3.87. The molecule has 0 saturated heterocycles. The van der Waals surface area contributed by atoms with Crippen molar-refractivity contribution in [1.82, 2.24) is 0 Å². The lowest BCUT2D eigenvalue weighted by Crippen LogP contribution is -2.14. The molecular formula is C11H15ClO2. The zero-order chi connectivity index (χ0) is 10.6. The van der Waals surface area contributed by atoms with Gasteiger partial charge in [-0.1, -0.05) is 30.7 Å². The van der Waals surface area contributed by atoms with Gasteiger partial charge in [0.15, 0.2) is 0 Å². The fourth-order valence-corrected chi connectivity index (χ4v) is 1.57. The van der Waals surface area contributed by atoms with Crippen LogP contribution < -0.4 is 0 Å². The molecule has 2 atom stereocenters. The van der Waals surface area contributed by atoms with Gasteiger partial charge in [-0.15, -0.1) is 0 Å². The molecule has 2 nitrogen and oxygen atoms in total. The molecular weight excluding hydrogens is 200 g/mol. The van der Waals surface area contributed by atoms with Crippen LogP contribution in [0.1, 0.15) is 18.6 Å². The van der Waals surface area contributed by atoms with E-state index in [1.54, 1.807) is 19.2 Å². The fraction of sp³-hybridized carbons (Fsp3) is 0.455. The Morgan fingerprint density at radius 2 is 2.21 bits per heavy atom. The molecule has 0 aromatic heterocycles. The number of hydrogen-bond acceptors (Lipinski definition) is 2. The summed E-state index contributed by atoms with van der Waals surface area (Å²) in [4.78, 5) is 0. The molecule has 1 rings (SSSR count). The Morgan fingerprint density at radius 3 is 2.79 bits per heavy atom. The molecule has 0 aliphatic carbocycles. The van der Waals surface area contributed by atoms with Crippen LogP contribution >= 0.6 is 11.6 Å². The molecule has 0 aliphatic rings. The van der Waals surface area contributed by atoms with Gasteiger partial charge in [0.05, 0.1) is 12.7 Å². The molecule has 1 N–H and O–H groups in total. The quantitative estimate of drug-likeness (QED) is 0.835. The molecule has 3 heteroatoms. The lowest BCUT2D eigenvalue weighted by Gasteiger charge is -2.18. The van der Waals surface area contributed by atoms with Crippen molar-refractivity contribution in [3.8, 4) is 0 Å². The topological polar surface area (TPSA) is 29.5 Å². The van der Waals surface area contributed by atoms with Gasteiger partial charge >= 0.3 is 0 Å². The summed E-state index contributed by atoms with van der Waals surface area (Å²) < 4.78 is 4.98. The van der Waals surface area contributed by atoms with E-state index in [-0.39, 0.29) is 5.92 Å². The van der Waals surface area contributed by atoms with Gasteiger partial charge in [0.2, 0.25) is 0 Å². The molecule has 14 heavy (non-hydrogen) atoms. The normalized spacial score (nSPS) is 15.1. The number of methoxy groups -OCH3 is 1. The minimum absolute atomic E-state index is 0.0680.